The third-order valence-electron chi connectivity index (χ3n) is 3.97. The average molecular weight is 285 g/mol. The van der Waals surface area contributed by atoms with E-state index in [1.54, 1.807) is 14.2 Å². The third kappa shape index (κ3) is 2.48. The van der Waals surface area contributed by atoms with Gasteiger partial charge in [-0.1, -0.05) is 24.3 Å². The summed E-state index contributed by atoms with van der Waals surface area (Å²) in [5.41, 5.74) is 3.09. The number of nitrogens with one attached hydrogen (secondary N) is 1. The molecule has 21 heavy (non-hydrogen) atoms. The molecular formula is C17H19NO3. The van der Waals surface area contributed by atoms with Gasteiger partial charge in [0.2, 0.25) is 0 Å². The minimum atomic E-state index is -0.696. The van der Waals surface area contributed by atoms with Crippen molar-refractivity contribution in [2.45, 2.75) is 18.7 Å². The maximum atomic E-state index is 10.8. The Morgan fingerprint density at radius 2 is 1.95 bits per heavy atom. The zero-order valence-electron chi connectivity index (χ0n) is 12.2. The maximum absolute atomic E-state index is 10.8. The van der Waals surface area contributed by atoms with Crippen LogP contribution in [0.3, 0.4) is 0 Å². The van der Waals surface area contributed by atoms with Gasteiger partial charge in [0.25, 0.3) is 0 Å². The van der Waals surface area contributed by atoms with E-state index in [1.807, 2.05) is 30.3 Å². The Morgan fingerprint density at radius 3 is 2.71 bits per heavy atom. The number of hydrogen-bond acceptors (Lipinski definition) is 4. The van der Waals surface area contributed by atoms with E-state index in [9.17, 15) is 5.11 Å². The van der Waals surface area contributed by atoms with E-state index in [1.165, 1.54) is 5.56 Å². The SMILES string of the molecule is COc1ccc(OC)c(C(O)C2NCc3ccccc32)c1. The molecule has 0 fully saturated rings. The Labute approximate surface area is 124 Å². The summed E-state index contributed by atoms with van der Waals surface area (Å²) in [6.45, 7) is 0.768. The van der Waals surface area contributed by atoms with Crippen LogP contribution in [0.25, 0.3) is 0 Å². The van der Waals surface area contributed by atoms with Gasteiger partial charge in [0, 0.05) is 12.1 Å². The van der Waals surface area contributed by atoms with Crippen molar-refractivity contribution in [3.63, 3.8) is 0 Å². The fraction of sp³-hybridized carbons (Fsp3) is 0.294. The summed E-state index contributed by atoms with van der Waals surface area (Å²) in [4.78, 5) is 0. The van der Waals surface area contributed by atoms with Gasteiger partial charge in [-0.25, -0.2) is 0 Å². The van der Waals surface area contributed by atoms with Crippen LogP contribution in [0.5, 0.6) is 11.5 Å². The highest BCUT2D eigenvalue weighted by Crippen LogP contribution is 2.39. The lowest BCUT2D eigenvalue weighted by Gasteiger charge is -2.22. The van der Waals surface area contributed by atoms with Crippen LogP contribution in [0.1, 0.15) is 28.8 Å². The normalized spacial score (nSPS) is 18.1. The molecule has 2 atom stereocenters. The van der Waals surface area contributed by atoms with Gasteiger partial charge in [-0.3, -0.25) is 0 Å². The van der Waals surface area contributed by atoms with E-state index >= 15 is 0 Å². The van der Waals surface area contributed by atoms with Gasteiger partial charge in [-0.2, -0.15) is 0 Å². The molecule has 0 spiro atoms. The minimum absolute atomic E-state index is 0.137. The Balaban J connectivity index is 1.97. The number of rotatable bonds is 4. The predicted octanol–water partition coefficient (Wildman–Crippen LogP) is 2.58. The molecule has 0 aromatic heterocycles. The maximum Gasteiger partial charge on any atom is 0.125 e. The van der Waals surface area contributed by atoms with E-state index in [0.717, 1.165) is 17.7 Å². The Hall–Kier alpha value is -2.04. The molecule has 110 valence electrons. The second-order valence-corrected chi connectivity index (χ2v) is 5.11. The molecule has 0 saturated carbocycles. The van der Waals surface area contributed by atoms with Crippen molar-refractivity contribution in [3.8, 4) is 11.5 Å². The van der Waals surface area contributed by atoms with Crippen LogP contribution in [-0.2, 0) is 6.54 Å². The summed E-state index contributed by atoms with van der Waals surface area (Å²) < 4.78 is 10.6. The highest BCUT2D eigenvalue weighted by atomic mass is 16.5. The first-order valence-corrected chi connectivity index (χ1v) is 6.95. The summed E-state index contributed by atoms with van der Waals surface area (Å²) in [5.74, 6) is 1.37. The molecule has 4 heteroatoms. The fourth-order valence-corrected chi connectivity index (χ4v) is 2.86. The summed E-state index contributed by atoms with van der Waals surface area (Å²) in [5, 5.41) is 14.2. The first kappa shape index (κ1) is 13.9. The van der Waals surface area contributed by atoms with Gasteiger partial charge in [0.15, 0.2) is 0 Å². The van der Waals surface area contributed by atoms with Crippen LogP contribution >= 0.6 is 0 Å². The summed E-state index contributed by atoms with van der Waals surface area (Å²) in [7, 11) is 3.22. The Kier molecular flexibility index (Phi) is 3.82. The van der Waals surface area contributed by atoms with Crippen LogP contribution in [0.4, 0.5) is 0 Å². The molecule has 2 unspecified atom stereocenters. The van der Waals surface area contributed by atoms with Gasteiger partial charge in [0.05, 0.1) is 20.3 Å². The Morgan fingerprint density at radius 1 is 1.14 bits per heavy atom. The fourth-order valence-electron chi connectivity index (χ4n) is 2.86. The number of benzene rings is 2. The van der Waals surface area contributed by atoms with E-state index in [4.69, 9.17) is 9.47 Å². The number of fused-ring (bicyclic) bond motifs is 1. The number of aliphatic hydroxyl groups excluding tert-OH is 1. The molecular weight excluding hydrogens is 266 g/mol. The van der Waals surface area contributed by atoms with Crippen molar-refractivity contribution in [1.29, 1.82) is 0 Å². The number of ether oxygens (including phenoxy) is 2. The predicted molar refractivity (Wildman–Crippen MR) is 80.5 cm³/mol. The second kappa shape index (κ2) is 5.76. The van der Waals surface area contributed by atoms with Gasteiger partial charge in [-0.05, 0) is 29.3 Å². The van der Waals surface area contributed by atoms with E-state index < -0.39 is 6.10 Å². The Bertz CT molecular complexity index is 642. The molecule has 0 saturated heterocycles. The summed E-state index contributed by atoms with van der Waals surface area (Å²) in [6, 6.07) is 13.5. The zero-order valence-corrected chi connectivity index (χ0v) is 12.2. The minimum Gasteiger partial charge on any atom is -0.497 e. The van der Waals surface area contributed by atoms with Gasteiger partial charge in [0.1, 0.15) is 17.6 Å². The molecule has 0 bridgehead atoms. The standard InChI is InChI=1S/C17H19NO3/c1-20-12-7-8-15(21-2)14(9-12)17(19)16-13-6-4-3-5-11(13)10-18-16/h3-9,16-19H,10H2,1-2H3. The molecule has 2 aromatic carbocycles. The first-order chi connectivity index (χ1) is 10.2. The molecule has 0 amide bonds. The lowest BCUT2D eigenvalue weighted by molar-refractivity contribution is 0.130. The summed E-state index contributed by atoms with van der Waals surface area (Å²) in [6.07, 6.45) is -0.696. The molecule has 4 nitrogen and oxygen atoms in total. The highest BCUT2D eigenvalue weighted by molar-refractivity contribution is 5.44. The van der Waals surface area contributed by atoms with Crippen LogP contribution in [0, 0.1) is 0 Å². The van der Waals surface area contributed by atoms with E-state index in [-0.39, 0.29) is 6.04 Å². The molecule has 1 aliphatic heterocycles. The number of methoxy groups -OCH3 is 2. The third-order valence-corrected chi connectivity index (χ3v) is 3.97. The molecule has 0 radical (unpaired) electrons. The van der Waals surface area contributed by atoms with Crippen molar-refractivity contribution < 1.29 is 14.6 Å². The largest absolute Gasteiger partial charge is 0.497 e. The monoisotopic (exact) mass is 285 g/mol. The smallest absolute Gasteiger partial charge is 0.125 e. The van der Waals surface area contributed by atoms with Crippen LogP contribution in [-0.4, -0.2) is 19.3 Å². The molecule has 1 heterocycles. The molecule has 3 rings (SSSR count). The van der Waals surface area contributed by atoms with Crippen molar-refractivity contribution in [2.75, 3.05) is 14.2 Å². The van der Waals surface area contributed by atoms with Crippen molar-refractivity contribution in [1.82, 2.24) is 5.32 Å². The van der Waals surface area contributed by atoms with E-state index in [0.29, 0.717) is 11.5 Å². The van der Waals surface area contributed by atoms with Crippen LogP contribution in [0.15, 0.2) is 42.5 Å². The first-order valence-electron chi connectivity index (χ1n) is 6.95. The van der Waals surface area contributed by atoms with E-state index in [2.05, 4.69) is 17.4 Å². The van der Waals surface area contributed by atoms with Gasteiger partial charge in [-0.15, -0.1) is 0 Å². The van der Waals surface area contributed by atoms with Gasteiger partial charge >= 0.3 is 0 Å². The zero-order chi connectivity index (χ0) is 14.8. The number of hydrogen-bond donors (Lipinski definition) is 2. The lowest BCUT2D eigenvalue weighted by Crippen LogP contribution is -2.20. The van der Waals surface area contributed by atoms with Crippen LogP contribution in [0.2, 0.25) is 0 Å². The number of aliphatic hydroxyl groups is 1. The molecule has 2 N–H and O–H groups in total. The highest BCUT2D eigenvalue weighted by Gasteiger charge is 2.30. The second-order valence-electron chi connectivity index (χ2n) is 5.11. The quantitative estimate of drug-likeness (QED) is 0.906. The molecule has 1 aliphatic rings. The van der Waals surface area contributed by atoms with Crippen molar-refractivity contribution >= 4 is 0 Å². The average Bonchev–Trinajstić information content (AvgIpc) is 2.97. The lowest BCUT2D eigenvalue weighted by atomic mass is 9.95. The molecule has 0 aliphatic carbocycles. The van der Waals surface area contributed by atoms with Crippen LogP contribution < -0.4 is 14.8 Å². The van der Waals surface area contributed by atoms with Gasteiger partial charge < -0.3 is 19.9 Å². The summed E-state index contributed by atoms with van der Waals surface area (Å²) >= 11 is 0. The topological polar surface area (TPSA) is 50.7 Å². The van der Waals surface area contributed by atoms with Crippen molar-refractivity contribution in [2.24, 2.45) is 0 Å². The molecule has 2 aromatic rings. The van der Waals surface area contributed by atoms with Crippen molar-refractivity contribution in [3.05, 3.63) is 59.2 Å².